The molecule has 0 aromatic heterocycles. The minimum absolute atomic E-state index is 0.0999. The zero-order chi connectivity index (χ0) is 14.1. The zero-order valence-corrected chi connectivity index (χ0v) is 12.7. The van der Waals surface area contributed by atoms with E-state index in [1.807, 2.05) is 6.92 Å². The van der Waals surface area contributed by atoms with E-state index < -0.39 is 0 Å². The van der Waals surface area contributed by atoms with Crippen molar-refractivity contribution in [2.45, 2.75) is 40.7 Å². The number of hydrogen-bond acceptors (Lipinski definition) is 3. The average molecular weight is 258 g/mol. The molecular formula is C13H30N4O. The van der Waals surface area contributed by atoms with E-state index in [1.54, 1.807) is 7.11 Å². The Morgan fingerprint density at radius 2 is 1.67 bits per heavy atom. The molecule has 0 aromatic carbocycles. The lowest BCUT2D eigenvalue weighted by molar-refractivity contribution is 0.184. The Labute approximate surface area is 112 Å². The van der Waals surface area contributed by atoms with Gasteiger partial charge in [0.25, 0.3) is 0 Å². The predicted octanol–water partition coefficient (Wildman–Crippen LogP) is 1.45. The maximum absolute atomic E-state index is 5.61. The number of guanidine groups is 1. The van der Waals surface area contributed by atoms with Gasteiger partial charge in [0.15, 0.2) is 0 Å². The second-order valence-electron chi connectivity index (χ2n) is 5.59. The third-order valence-electron chi connectivity index (χ3n) is 2.35. The van der Waals surface area contributed by atoms with Gasteiger partial charge in [0.05, 0.1) is 12.6 Å². The van der Waals surface area contributed by atoms with E-state index in [0.29, 0.717) is 18.4 Å². The van der Waals surface area contributed by atoms with Crippen LogP contribution in [0.25, 0.3) is 0 Å². The van der Waals surface area contributed by atoms with Crippen LogP contribution < -0.4 is 11.3 Å². The summed E-state index contributed by atoms with van der Waals surface area (Å²) in [6.45, 7) is 13.3. The molecule has 0 radical (unpaired) electrons. The quantitative estimate of drug-likeness (QED) is 0.314. The summed E-state index contributed by atoms with van der Waals surface area (Å²) in [5, 5.41) is 0. The Morgan fingerprint density at radius 3 is 2.00 bits per heavy atom. The van der Waals surface area contributed by atoms with Crippen LogP contribution in [0.2, 0.25) is 0 Å². The van der Waals surface area contributed by atoms with E-state index in [-0.39, 0.29) is 6.04 Å². The van der Waals surface area contributed by atoms with Crippen LogP contribution in [0, 0.1) is 11.8 Å². The Balaban J connectivity index is 4.77. The maximum atomic E-state index is 5.61. The third-order valence-corrected chi connectivity index (χ3v) is 2.35. The topological polar surface area (TPSA) is 62.9 Å². The van der Waals surface area contributed by atoms with Crippen LogP contribution in [-0.2, 0) is 4.74 Å². The monoisotopic (exact) mass is 258 g/mol. The number of rotatable bonds is 7. The Kier molecular flexibility index (Phi) is 8.75. The molecule has 5 nitrogen and oxygen atoms in total. The minimum atomic E-state index is 0.0999. The molecule has 1 unspecified atom stereocenters. The van der Waals surface area contributed by atoms with Gasteiger partial charge in [-0.3, -0.25) is 5.43 Å². The zero-order valence-electron chi connectivity index (χ0n) is 12.7. The standard InChI is InChI=1S/C13H30N4O/c1-10(2)7-17(8-11(3)4)13(16-14)15-12(5)9-18-6/h10-12H,7-9,14H2,1-6H3,(H,15,16). The van der Waals surface area contributed by atoms with E-state index in [4.69, 9.17) is 10.6 Å². The van der Waals surface area contributed by atoms with Gasteiger partial charge in [-0.25, -0.2) is 10.8 Å². The van der Waals surface area contributed by atoms with E-state index in [9.17, 15) is 0 Å². The molecular weight excluding hydrogens is 228 g/mol. The van der Waals surface area contributed by atoms with Crippen molar-refractivity contribution < 1.29 is 4.74 Å². The molecule has 0 saturated carbocycles. The molecule has 0 rings (SSSR count). The Morgan fingerprint density at radius 1 is 1.17 bits per heavy atom. The highest BCUT2D eigenvalue weighted by molar-refractivity contribution is 5.79. The Bertz CT molecular complexity index is 231. The highest BCUT2D eigenvalue weighted by Crippen LogP contribution is 2.05. The fourth-order valence-electron chi connectivity index (χ4n) is 1.83. The minimum Gasteiger partial charge on any atom is -0.382 e. The molecule has 0 bridgehead atoms. The van der Waals surface area contributed by atoms with Crippen LogP contribution in [-0.4, -0.2) is 43.7 Å². The summed E-state index contributed by atoms with van der Waals surface area (Å²) in [4.78, 5) is 6.78. The lowest BCUT2D eigenvalue weighted by Crippen LogP contribution is -2.48. The van der Waals surface area contributed by atoms with Crippen LogP contribution in [0.3, 0.4) is 0 Å². The highest BCUT2D eigenvalue weighted by Gasteiger charge is 2.14. The van der Waals surface area contributed by atoms with Gasteiger partial charge in [0.2, 0.25) is 5.96 Å². The number of nitrogens with one attached hydrogen (secondary N) is 1. The number of ether oxygens (including phenoxy) is 1. The van der Waals surface area contributed by atoms with Crippen molar-refractivity contribution in [2.24, 2.45) is 22.7 Å². The molecule has 0 aromatic rings. The fourth-order valence-corrected chi connectivity index (χ4v) is 1.83. The van der Waals surface area contributed by atoms with Crippen LogP contribution in [0.15, 0.2) is 4.99 Å². The molecule has 0 fully saturated rings. The van der Waals surface area contributed by atoms with Gasteiger partial charge in [-0.2, -0.15) is 0 Å². The normalized spacial score (nSPS) is 14.2. The summed E-state index contributed by atoms with van der Waals surface area (Å²) >= 11 is 0. The van der Waals surface area contributed by atoms with Gasteiger partial charge >= 0.3 is 0 Å². The van der Waals surface area contributed by atoms with Crippen molar-refractivity contribution in [3.8, 4) is 0 Å². The van der Waals surface area contributed by atoms with E-state index in [2.05, 4.69) is 43.0 Å². The van der Waals surface area contributed by atoms with Crippen LogP contribution >= 0.6 is 0 Å². The summed E-state index contributed by atoms with van der Waals surface area (Å²) in [6.07, 6.45) is 0. The van der Waals surface area contributed by atoms with Crippen LogP contribution in [0.5, 0.6) is 0 Å². The number of hydrazine groups is 1. The average Bonchev–Trinajstić information content (AvgIpc) is 2.24. The number of nitrogens with zero attached hydrogens (tertiary/aromatic N) is 2. The second-order valence-corrected chi connectivity index (χ2v) is 5.59. The summed E-state index contributed by atoms with van der Waals surface area (Å²) in [6, 6.07) is 0.0999. The lowest BCUT2D eigenvalue weighted by atomic mass is 10.1. The molecule has 0 saturated heterocycles. The van der Waals surface area contributed by atoms with Crippen molar-refractivity contribution in [1.29, 1.82) is 0 Å². The SMILES string of the molecule is COCC(C)N=C(NN)N(CC(C)C)CC(C)C. The smallest absolute Gasteiger partial charge is 0.208 e. The second kappa shape index (κ2) is 9.16. The molecule has 3 N–H and O–H groups in total. The van der Waals surface area contributed by atoms with Crippen LogP contribution in [0.4, 0.5) is 0 Å². The predicted molar refractivity (Wildman–Crippen MR) is 77.3 cm³/mol. The Hall–Kier alpha value is -0.810. The third kappa shape index (κ3) is 7.50. The first-order valence-electron chi connectivity index (χ1n) is 6.68. The number of methoxy groups -OCH3 is 1. The van der Waals surface area contributed by atoms with Gasteiger partial charge in [0.1, 0.15) is 0 Å². The molecule has 0 aliphatic rings. The summed E-state index contributed by atoms with van der Waals surface area (Å²) in [5.41, 5.74) is 2.72. The maximum Gasteiger partial charge on any atom is 0.208 e. The summed E-state index contributed by atoms with van der Waals surface area (Å²) < 4.78 is 5.10. The van der Waals surface area contributed by atoms with Crippen LogP contribution in [0.1, 0.15) is 34.6 Å². The van der Waals surface area contributed by atoms with Crippen molar-refractivity contribution >= 4 is 5.96 Å². The van der Waals surface area contributed by atoms with Crippen molar-refractivity contribution in [3.05, 3.63) is 0 Å². The molecule has 108 valence electrons. The van der Waals surface area contributed by atoms with Gasteiger partial charge < -0.3 is 9.64 Å². The number of hydrogen-bond donors (Lipinski definition) is 2. The molecule has 1 atom stereocenters. The van der Waals surface area contributed by atoms with Crippen molar-refractivity contribution in [1.82, 2.24) is 10.3 Å². The first kappa shape index (κ1) is 17.2. The summed E-state index contributed by atoms with van der Waals surface area (Å²) in [5.74, 6) is 7.50. The molecule has 18 heavy (non-hydrogen) atoms. The first-order valence-corrected chi connectivity index (χ1v) is 6.68. The van der Waals surface area contributed by atoms with Crippen molar-refractivity contribution in [3.63, 3.8) is 0 Å². The highest BCUT2D eigenvalue weighted by atomic mass is 16.5. The van der Waals surface area contributed by atoms with Gasteiger partial charge in [0, 0.05) is 20.2 Å². The number of aliphatic imine (C=N–C) groups is 1. The van der Waals surface area contributed by atoms with Gasteiger partial charge in [-0.15, -0.1) is 0 Å². The number of nitrogens with two attached hydrogens (primary N) is 1. The van der Waals surface area contributed by atoms with Gasteiger partial charge in [-0.05, 0) is 18.8 Å². The summed E-state index contributed by atoms with van der Waals surface area (Å²) in [7, 11) is 1.68. The molecule has 0 aliphatic heterocycles. The molecule has 0 amide bonds. The van der Waals surface area contributed by atoms with Crippen molar-refractivity contribution in [2.75, 3.05) is 26.8 Å². The largest absolute Gasteiger partial charge is 0.382 e. The fraction of sp³-hybridized carbons (Fsp3) is 0.923. The molecule has 0 spiro atoms. The van der Waals surface area contributed by atoms with Gasteiger partial charge in [-0.1, -0.05) is 27.7 Å². The molecule has 0 aliphatic carbocycles. The first-order chi connectivity index (χ1) is 8.40. The van der Waals surface area contributed by atoms with E-state index in [0.717, 1.165) is 19.0 Å². The van der Waals surface area contributed by atoms with E-state index in [1.165, 1.54) is 0 Å². The lowest BCUT2D eigenvalue weighted by Gasteiger charge is -2.29. The van der Waals surface area contributed by atoms with E-state index >= 15 is 0 Å². The molecule has 5 heteroatoms. The molecule has 0 heterocycles.